The molecule has 1 aliphatic heterocycles. The minimum Gasteiger partial charge on any atom is -0.395 e. The zero-order valence-electron chi connectivity index (χ0n) is 7.98. The Morgan fingerprint density at radius 3 is 2.23 bits per heavy atom. The maximum absolute atomic E-state index is 9.56. The molecule has 4 N–H and O–H groups in total. The van der Waals surface area contributed by atoms with E-state index in [1.165, 1.54) is 0 Å². The smallest absolute Gasteiger partial charge is 0.0989 e. The van der Waals surface area contributed by atoms with Crippen LogP contribution in [0.2, 0.25) is 0 Å². The van der Waals surface area contributed by atoms with Gasteiger partial charge in [0.2, 0.25) is 0 Å². The Morgan fingerprint density at radius 1 is 1.15 bits per heavy atom. The molecule has 4 nitrogen and oxygen atoms in total. The predicted octanol–water partition coefficient (Wildman–Crippen LogP) is -0.769. The van der Waals surface area contributed by atoms with Gasteiger partial charge in [-0.1, -0.05) is 19.8 Å². The Hall–Kier alpha value is -0.160. The summed E-state index contributed by atoms with van der Waals surface area (Å²) < 4.78 is 0. The van der Waals surface area contributed by atoms with E-state index in [0.29, 0.717) is 0 Å². The summed E-state index contributed by atoms with van der Waals surface area (Å²) in [4.78, 5) is 0. The number of rotatable bonds is 4. The average molecular weight is 189 g/mol. The van der Waals surface area contributed by atoms with Crippen LogP contribution >= 0.6 is 0 Å². The quantitative estimate of drug-likeness (QED) is 0.468. The first-order chi connectivity index (χ1) is 6.20. The highest BCUT2D eigenvalue weighted by Crippen LogP contribution is 2.18. The Balaban J connectivity index is 2.40. The van der Waals surface area contributed by atoms with Gasteiger partial charge in [-0.2, -0.15) is 0 Å². The van der Waals surface area contributed by atoms with Gasteiger partial charge in [-0.25, -0.2) is 0 Å². The monoisotopic (exact) mass is 189 g/mol. The third-order valence-corrected chi connectivity index (χ3v) is 2.67. The van der Waals surface area contributed by atoms with Crippen LogP contribution < -0.4 is 5.32 Å². The second-order valence-corrected chi connectivity index (χ2v) is 3.69. The lowest BCUT2D eigenvalue weighted by molar-refractivity contribution is 0.0186. The number of aliphatic hydroxyl groups excluding tert-OH is 3. The second kappa shape index (κ2) is 4.91. The topological polar surface area (TPSA) is 72.7 Å². The summed E-state index contributed by atoms with van der Waals surface area (Å²) in [6.07, 6.45) is 1.39. The molecule has 13 heavy (non-hydrogen) atoms. The van der Waals surface area contributed by atoms with E-state index in [4.69, 9.17) is 5.11 Å². The second-order valence-electron chi connectivity index (χ2n) is 3.69. The van der Waals surface area contributed by atoms with Crippen molar-refractivity contribution in [3.05, 3.63) is 0 Å². The molecule has 0 spiro atoms. The summed E-state index contributed by atoms with van der Waals surface area (Å²) >= 11 is 0. The van der Waals surface area contributed by atoms with E-state index in [-0.39, 0.29) is 18.7 Å². The molecule has 1 rings (SSSR count). The first kappa shape index (κ1) is 10.9. The largest absolute Gasteiger partial charge is 0.395 e. The normalized spacial score (nSPS) is 39.7. The molecule has 0 bridgehead atoms. The van der Waals surface area contributed by atoms with Crippen LogP contribution in [-0.4, -0.2) is 46.2 Å². The van der Waals surface area contributed by atoms with Crippen LogP contribution in [0.4, 0.5) is 0 Å². The molecule has 0 aromatic carbocycles. The van der Waals surface area contributed by atoms with Crippen molar-refractivity contribution in [1.29, 1.82) is 0 Å². The molecule has 0 amide bonds. The van der Waals surface area contributed by atoms with Gasteiger partial charge in [0.05, 0.1) is 24.9 Å². The van der Waals surface area contributed by atoms with Crippen molar-refractivity contribution < 1.29 is 15.3 Å². The summed E-state index contributed by atoms with van der Waals surface area (Å²) in [7, 11) is 0. The highest BCUT2D eigenvalue weighted by atomic mass is 16.3. The Kier molecular flexibility index (Phi) is 4.12. The fourth-order valence-electron chi connectivity index (χ4n) is 1.79. The third-order valence-electron chi connectivity index (χ3n) is 2.67. The van der Waals surface area contributed by atoms with Gasteiger partial charge in [0, 0.05) is 6.04 Å². The van der Waals surface area contributed by atoms with Crippen molar-refractivity contribution in [2.45, 2.75) is 50.5 Å². The molecule has 4 atom stereocenters. The van der Waals surface area contributed by atoms with E-state index in [1.54, 1.807) is 0 Å². The number of nitrogens with one attached hydrogen (secondary N) is 1. The van der Waals surface area contributed by atoms with E-state index in [0.717, 1.165) is 19.3 Å². The summed E-state index contributed by atoms with van der Waals surface area (Å²) in [5, 5.41) is 30.9. The summed E-state index contributed by atoms with van der Waals surface area (Å²) in [5.41, 5.74) is 0. The van der Waals surface area contributed by atoms with E-state index in [2.05, 4.69) is 12.2 Å². The van der Waals surface area contributed by atoms with Crippen LogP contribution in [0.25, 0.3) is 0 Å². The highest BCUT2D eigenvalue weighted by molar-refractivity contribution is 4.97. The van der Waals surface area contributed by atoms with Crippen molar-refractivity contribution in [3.63, 3.8) is 0 Å². The Bertz CT molecular complexity index is 154. The zero-order valence-corrected chi connectivity index (χ0v) is 7.98. The summed E-state index contributed by atoms with van der Waals surface area (Å²) in [6.45, 7) is 1.96. The highest BCUT2D eigenvalue weighted by Gasteiger charge is 2.39. The maximum atomic E-state index is 9.56. The first-order valence-corrected chi connectivity index (χ1v) is 4.93. The fourth-order valence-corrected chi connectivity index (χ4v) is 1.79. The maximum Gasteiger partial charge on any atom is 0.0989 e. The molecular weight excluding hydrogens is 170 g/mol. The molecule has 1 heterocycles. The van der Waals surface area contributed by atoms with Gasteiger partial charge >= 0.3 is 0 Å². The van der Waals surface area contributed by atoms with E-state index >= 15 is 0 Å². The van der Waals surface area contributed by atoms with Crippen LogP contribution in [-0.2, 0) is 0 Å². The molecular formula is C9H19NO3. The van der Waals surface area contributed by atoms with Gasteiger partial charge in [0.15, 0.2) is 0 Å². The summed E-state index contributed by atoms with van der Waals surface area (Å²) in [5.74, 6) is 0. The van der Waals surface area contributed by atoms with Crippen LogP contribution in [0.5, 0.6) is 0 Å². The molecule has 1 aliphatic rings. The molecule has 78 valence electrons. The first-order valence-electron chi connectivity index (χ1n) is 4.93. The molecule has 0 aromatic rings. The van der Waals surface area contributed by atoms with Gasteiger partial charge < -0.3 is 20.6 Å². The van der Waals surface area contributed by atoms with Gasteiger partial charge in [-0.05, 0) is 6.42 Å². The van der Waals surface area contributed by atoms with E-state index < -0.39 is 12.2 Å². The van der Waals surface area contributed by atoms with Crippen molar-refractivity contribution in [2.75, 3.05) is 6.61 Å². The number of hydrogen-bond acceptors (Lipinski definition) is 4. The van der Waals surface area contributed by atoms with Crippen LogP contribution in [0.1, 0.15) is 26.2 Å². The van der Waals surface area contributed by atoms with Crippen molar-refractivity contribution in [3.8, 4) is 0 Å². The standard InChI is InChI=1S/C9H19NO3/c1-2-3-4-6-8(12)9(13)7(5-11)10-6/h6-13H,2-5H2,1H3/t6?,7?,8?,9-/m0/s1. The number of unbranched alkanes of at least 4 members (excludes halogenated alkanes) is 1. The summed E-state index contributed by atoms with van der Waals surface area (Å²) in [6, 6.07) is -0.427. The van der Waals surface area contributed by atoms with Crippen molar-refractivity contribution in [2.24, 2.45) is 0 Å². The SMILES string of the molecule is CCCCC1NC(CO)[C@H](O)C1O. The lowest BCUT2D eigenvalue weighted by Gasteiger charge is -2.14. The Labute approximate surface area is 78.6 Å². The molecule has 4 heteroatoms. The van der Waals surface area contributed by atoms with Gasteiger partial charge in [0.25, 0.3) is 0 Å². The molecule has 1 saturated heterocycles. The lowest BCUT2D eigenvalue weighted by atomic mass is 10.0. The molecule has 1 fully saturated rings. The minimum absolute atomic E-state index is 0.0629. The van der Waals surface area contributed by atoms with E-state index in [9.17, 15) is 10.2 Å². The lowest BCUT2D eigenvalue weighted by Crippen LogP contribution is -2.36. The van der Waals surface area contributed by atoms with E-state index in [1.807, 2.05) is 0 Å². The van der Waals surface area contributed by atoms with Gasteiger partial charge in [-0.3, -0.25) is 0 Å². The van der Waals surface area contributed by atoms with Crippen LogP contribution in [0.3, 0.4) is 0 Å². The molecule has 0 aromatic heterocycles. The molecule has 0 saturated carbocycles. The number of aliphatic hydroxyl groups is 3. The van der Waals surface area contributed by atoms with Gasteiger partial charge in [-0.15, -0.1) is 0 Å². The fraction of sp³-hybridized carbons (Fsp3) is 1.00. The number of hydrogen-bond donors (Lipinski definition) is 4. The molecule has 0 aliphatic carbocycles. The predicted molar refractivity (Wildman–Crippen MR) is 49.3 cm³/mol. The van der Waals surface area contributed by atoms with Gasteiger partial charge in [0.1, 0.15) is 0 Å². The third kappa shape index (κ3) is 2.40. The Morgan fingerprint density at radius 2 is 1.77 bits per heavy atom. The van der Waals surface area contributed by atoms with Crippen LogP contribution in [0.15, 0.2) is 0 Å². The van der Waals surface area contributed by atoms with Crippen molar-refractivity contribution in [1.82, 2.24) is 5.32 Å². The van der Waals surface area contributed by atoms with Crippen LogP contribution in [0, 0.1) is 0 Å². The minimum atomic E-state index is -0.827. The van der Waals surface area contributed by atoms with Crippen molar-refractivity contribution >= 4 is 0 Å². The zero-order chi connectivity index (χ0) is 9.84. The molecule has 0 radical (unpaired) electrons. The molecule has 3 unspecified atom stereocenters. The average Bonchev–Trinajstić information content (AvgIpc) is 2.41.